The van der Waals surface area contributed by atoms with Crippen LogP contribution in [0.4, 0.5) is 0 Å². The molecule has 1 aromatic heterocycles. The van der Waals surface area contributed by atoms with E-state index in [9.17, 15) is 8.42 Å². The van der Waals surface area contributed by atoms with Crippen molar-refractivity contribution in [1.29, 1.82) is 0 Å². The quantitative estimate of drug-likeness (QED) is 0.858. The molecule has 0 amide bonds. The molecule has 20 heavy (non-hydrogen) atoms. The second-order valence-electron chi connectivity index (χ2n) is 6.02. The van der Waals surface area contributed by atoms with Crippen LogP contribution in [0.2, 0.25) is 0 Å². The minimum absolute atomic E-state index is 0.0838. The van der Waals surface area contributed by atoms with Gasteiger partial charge in [-0.2, -0.15) is 4.31 Å². The van der Waals surface area contributed by atoms with Gasteiger partial charge in [-0.25, -0.2) is 8.42 Å². The van der Waals surface area contributed by atoms with Crippen LogP contribution >= 0.6 is 11.3 Å². The molecule has 3 heterocycles. The van der Waals surface area contributed by atoms with Crippen LogP contribution in [0.1, 0.15) is 30.6 Å². The minimum atomic E-state index is -3.06. The van der Waals surface area contributed by atoms with Gasteiger partial charge < -0.3 is 0 Å². The first-order valence-corrected chi connectivity index (χ1v) is 9.95. The monoisotopic (exact) mass is 314 g/mol. The molecule has 0 N–H and O–H groups in total. The smallest absolute Gasteiger partial charge is 0.211 e. The van der Waals surface area contributed by atoms with Gasteiger partial charge in [0.05, 0.1) is 6.26 Å². The Morgan fingerprint density at radius 2 is 2.00 bits per heavy atom. The van der Waals surface area contributed by atoms with E-state index in [2.05, 4.69) is 22.4 Å². The number of likely N-dealkylation sites (tertiary alicyclic amines) is 1. The average Bonchev–Trinajstić information content (AvgIpc) is 3.01. The topological polar surface area (TPSA) is 40.6 Å². The highest BCUT2D eigenvalue weighted by Gasteiger charge is 2.46. The fourth-order valence-electron chi connectivity index (χ4n) is 3.68. The zero-order valence-corrected chi connectivity index (χ0v) is 13.5. The van der Waals surface area contributed by atoms with Crippen molar-refractivity contribution in [2.45, 2.75) is 37.8 Å². The highest BCUT2D eigenvalue weighted by Crippen LogP contribution is 2.40. The number of rotatable bonds is 3. The molecule has 2 aliphatic heterocycles. The highest BCUT2D eigenvalue weighted by atomic mass is 32.2. The largest absolute Gasteiger partial charge is 0.298 e. The van der Waals surface area contributed by atoms with Crippen molar-refractivity contribution in [3.63, 3.8) is 0 Å². The predicted molar refractivity (Wildman–Crippen MR) is 82.3 cm³/mol. The third-order valence-electron chi connectivity index (χ3n) is 4.68. The van der Waals surface area contributed by atoms with Crippen molar-refractivity contribution in [3.05, 3.63) is 22.4 Å². The summed E-state index contributed by atoms with van der Waals surface area (Å²) in [5.74, 6) is 0. The molecule has 0 aromatic carbocycles. The van der Waals surface area contributed by atoms with Crippen molar-refractivity contribution >= 4 is 21.4 Å². The Bertz CT molecular complexity index is 546. The number of piperidine rings is 1. The molecule has 0 saturated carbocycles. The molecular weight excluding hydrogens is 292 g/mol. The summed E-state index contributed by atoms with van der Waals surface area (Å²) in [5.41, 5.74) is -0.0838. The maximum atomic E-state index is 12.0. The Morgan fingerprint density at radius 3 is 2.60 bits per heavy atom. The summed E-state index contributed by atoms with van der Waals surface area (Å²) < 4.78 is 25.7. The fourth-order valence-corrected chi connectivity index (χ4v) is 5.87. The lowest BCUT2D eigenvalue weighted by Gasteiger charge is -2.43. The summed E-state index contributed by atoms with van der Waals surface area (Å²) in [6.45, 7) is 3.73. The third-order valence-corrected chi connectivity index (χ3v) is 6.91. The maximum absolute atomic E-state index is 12.0. The summed E-state index contributed by atoms with van der Waals surface area (Å²) in [4.78, 5) is 3.85. The SMILES string of the molecule is CS(=O)(=O)N1CCCC12CCN(Cc1cccs1)CC2. The van der Waals surface area contributed by atoms with Crippen LogP contribution in [-0.2, 0) is 16.6 Å². The van der Waals surface area contributed by atoms with E-state index in [-0.39, 0.29) is 5.54 Å². The Labute approximate surface area is 125 Å². The molecule has 6 heteroatoms. The first-order chi connectivity index (χ1) is 9.50. The zero-order chi connectivity index (χ0) is 14.2. The number of hydrogen-bond acceptors (Lipinski definition) is 4. The summed E-state index contributed by atoms with van der Waals surface area (Å²) in [7, 11) is -3.06. The van der Waals surface area contributed by atoms with Crippen LogP contribution in [0, 0.1) is 0 Å². The van der Waals surface area contributed by atoms with E-state index in [0.29, 0.717) is 6.54 Å². The normalized spacial score (nSPS) is 24.4. The van der Waals surface area contributed by atoms with Crippen molar-refractivity contribution in [2.24, 2.45) is 0 Å². The van der Waals surface area contributed by atoms with E-state index in [1.54, 1.807) is 15.6 Å². The molecule has 0 unspecified atom stereocenters. The van der Waals surface area contributed by atoms with Crippen molar-refractivity contribution in [1.82, 2.24) is 9.21 Å². The zero-order valence-electron chi connectivity index (χ0n) is 11.9. The fraction of sp³-hybridized carbons (Fsp3) is 0.714. The van der Waals surface area contributed by atoms with Gasteiger partial charge in [0.25, 0.3) is 0 Å². The van der Waals surface area contributed by atoms with Gasteiger partial charge in [-0.15, -0.1) is 11.3 Å². The Kier molecular flexibility index (Phi) is 3.92. The number of hydrogen-bond donors (Lipinski definition) is 0. The number of thiophene rings is 1. The lowest BCUT2D eigenvalue weighted by molar-refractivity contribution is 0.0991. The van der Waals surface area contributed by atoms with E-state index in [1.807, 2.05) is 0 Å². The first-order valence-electron chi connectivity index (χ1n) is 7.22. The highest BCUT2D eigenvalue weighted by molar-refractivity contribution is 7.88. The lowest BCUT2D eigenvalue weighted by Crippen LogP contribution is -2.53. The van der Waals surface area contributed by atoms with E-state index in [1.165, 1.54) is 11.1 Å². The van der Waals surface area contributed by atoms with Crippen LogP contribution in [0.3, 0.4) is 0 Å². The average molecular weight is 314 g/mol. The number of sulfonamides is 1. The number of nitrogens with zero attached hydrogens (tertiary/aromatic N) is 2. The summed E-state index contributed by atoms with van der Waals surface area (Å²) >= 11 is 1.80. The van der Waals surface area contributed by atoms with Crippen LogP contribution in [0.5, 0.6) is 0 Å². The summed E-state index contributed by atoms with van der Waals surface area (Å²) in [6.07, 6.45) is 5.36. The van der Waals surface area contributed by atoms with E-state index in [0.717, 1.165) is 45.3 Å². The predicted octanol–water partition coefficient (Wildman–Crippen LogP) is 2.14. The molecule has 2 saturated heterocycles. The van der Waals surface area contributed by atoms with E-state index >= 15 is 0 Å². The molecule has 2 fully saturated rings. The maximum Gasteiger partial charge on any atom is 0.211 e. The van der Waals surface area contributed by atoms with E-state index < -0.39 is 10.0 Å². The molecule has 0 aliphatic carbocycles. The standard InChI is InChI=1S/C14H22N2O2S2/c1-20(17,18)16-8-3-5-14(16)6-9-15(10-7-14)12-13-4-2-11-19-13/h2,4,11H,3,5-10,12H2,1H3. The molecule has 1 spiro atoms. The molecule has 0 radical (unpaired) electrons. The molecule has 3 rings (SSSR count). The van der Waals surface area contributed by atoms with E-state index in [4.69, 9.17) is 0 Å². The summed E-state index contributed by atoms with van der Waals surface area (Å²) in [5, 5.41) is 2.11. The van der Waals surface area contributed by atoms with Gasteiger partial charge in [0, 0.05) is 36.6 Å². The Hall–Kier alpha value is -0.430. The van der Waals surface area contributed by atoms with Crippen molar-refractivity contribution in [2.75, 3.05) is 25.9 Å². The molecule has 0 bridgehead atoms. The van der Waals surface area contributed by atoms with Crippen LogP contribution in [0.15, 0.2) is 17.5 Å². The second kappa shape index (κ2) is 5.40. The molecule has 4 nitrogen and oxygen atoms in total. The van der Waals surface area contributed by atoms with Gasteiger partial charge in [0.1, 0.15) is 0 Å². The van der Waals surface area contributed by atoms with Gasteiger partial charge in [-0.3, -0.25) is 4.90 Å². The molecule has 1 aromatic rings. The van der Waals surface area contributed by atoms with Gasteiger partial charge in [0.15, 0.2) is 0 Å². The van der Waals surface area contributed by atoms with Gasteiger partial charge in [-0.1, -0.05) is 6.07 Å². The van der Waals surface area contributed by atoms with Crippen molar-refractivity contribution < 1.29 is 8.42 Å². The second-order valence-corrected chi connectivity index (χ2v) is 8.96. The van der Waals surface area contributed by atoms with Gasteiger partial charge in [0.2, 0.25) is 10.0 Å². The Balaban J connectivity index is 1.65. The minimum Gasteiger partial charge on any atom is -0.298 e. The lowest BCUT2D eigenvalue weighted by atomic mass is 9.86. The third kappa shape index (κ3) is 2.79. The molecule has 112 valence electrons. The molecular formula is C14H22N2O2S2. The molecule has 0 atom stereocenters. The van der Waals surface area contributed by atoms with Crippen molar-refractivity contribution in [3.8, 4) is 0 Å². The van der Waals surface area contributed by atoms with Crippen LogP contribution in [-0.4, -0.2) is 49.1 Å². The van der Waals surface area contributed by atoms with Crippen LogP contribution in [0.25, 0.3) is 0 Å². The van der Waals surface area contributed by atoms with Crippen LogP contribution < -0.4 is 0 Å². The molecule has 2 aliphatic rings. The Morgan fingerprint density at radius 1 is 1.25 bits per heavy atom. The summed E-state index contributed by atoms with van der Waals surface area (Å²) in [6, 6.07) is 4.27. The van der Waals surface area contributed by atoms with Gasteiger partial charge in [-0.05, 0) is 37.1 Å². The first kappa shape index (κ1) is 14.5. The van der Waals surface area contributed by atoms with Gasteiger partial charge >= 0.3 is 0 Å².